The summed E-state index contributed by atoms with van der Waals surface area (Å²) in [6, 6.07) is 75.0. The zero-order chi connectivity index (χ0) is 45.7. The van der Waals surface area contributed by atoms with Crippen LogP contribution in [0, 0.1) is 0 Å². The fraction of sp³-hybridized carbons (Fsp3) is 0.0156. The second-order valence-corrected chi connectivity index (χ2v) is 18.5. The van der Waals surface area contributed by atoms with Crippen LogP contribution >= 0.6 is 0 Å². The summed E-state index contributed by atoms with van der Waals surface area (Å²) in [7, 11) is 0. The van der Waals surface area contributed by atoms with Crippen LogP contribution in [0.3, 0.4) is 0 Å². The zero-order valence-electron chi connectivity index (χ0n) is 37.3. The van der Waals surface area contributed by atoms with Crippen LogP contribution in [0.2, 0.25) is 0 Å². The van der Waals surface area contributed by atoms with E-state index in [4.69, 9.17) is 28.2 Å². The Bertz CT molecular complexity index is 4530. The van der Waals surface area contributed by atoms with Gasteiger partial charge >= 0.3 is 0 Å². The predicted octanol–water partition coefficient (Wildman–Crippen LogP) is 16.6. The molecule has 0 aliphatic heterocycles. The fourth-order valence-electron chi connectivity index (χ4n) is 12.1. The number of rotatable bonds is 4. The van der Waals surface area contributed by atoms with Crippen LogP contribution in [0.1, 0.15) is 22.3 Å². The van der Waals surface area contributed by atoms with Crippen LogP contribution in [-0.2, 0) is 5.41 Å². The first-order valence-electron chi connectivity index (χ1n) is 23.7. The Labute approximate surface area is 399 Å². The van der Waals surface area contributed by atoms with Gasteiger partial charge in [-0.25, -0.2) is 15.0 Å². The fourth-order valence-corrected chi connectivity index (χ4v) is 12.1. The second kappa shape index (κ2) is 13.8. The van der Waals surface area contributed by atoms with E-state index in [1.54, 1.807) is 0 Å². The van der Waals surface area contributed by atoms with Crippen molar-refractivity contribution in [3.63, 3.8) is 0 Å². The van der Waals surface area contributed by atoms with Gasteiger partial charge in [-0.05, 0) is 104 Å². The summed E-state index contributed by atoms with van der Waals surface area (Å²) in [6.07, 6.45) is 0. The first-order chi connectivity index (χ1) is 34.7. The van der Waals surface area contributed by atoms with Crippen molar-refractivity contribution in [1.29, 1.82) is 0 Å². The zero-order valence-corrected chi connectivity index (χ0v) is 37.3. The Morgan fingerprint density at radius 2 is 0.729 bits per heavy atom. The summed E-state index contributed by atoms with van der Waals surface area (Å²) in [5.74, 6) is 1.60. The molecule has 6 nitrogen and oxygen atoms in total. The SMILES string of the molecule is c1ccc2c(c1)-c1ccccc1C21c2ccccc2-c2c(-c3ccc4oc5cccc(-c6nc(-c7ccc8c(c7)oc7ccccc78)nc(-c7cccc8oc9ccccc9c78)n6)c5c4c3)cccc21. The van der Waals surface area contributed by atoms with Crippen molar-refractivity contribution >= 4 is 65.8 Å². The van der Waals surface area contributed by atoms with E-state index in [1.165, 1.54) is 50.1 Å². The van der Waals surface area contributed by atoms with Crippen LogP contribution in [0.15, 0.2) is 226 Å². The molecule has 0 fully saturated rings. The first-order valence-corrected chi connectivity index (χ1v) is 23.7. The van der Waals surface area contributed by atoms with Gasteiger partial charge in [-0.15, -0.1) is 0 Å². The molecule has 2 aliphatic carbocycles. The molecule has 324 valence electrons. The normalized spacial score (nSPS) is 13.3. The topological polar surface area (TPSA) is 78.1 Å². The third-order valence-corrected chi connectivity index (χ3v) is 15.0. The van der Waals surface area contributed by atoms with E-state index in [1.807, 2.05) is 66.7 Å². The van der Waals surface area contributed by atoms with Gasteiger partial charge in [-0.2, -0.15) is 0 Å². The third kappa shape index (κ3) is 4.98. The van der Waals surface area contributed by atoms with Gasteiger partial charge in [0.05, 0.1) is 5.41 Å². The number of hydrogen-bond acceptors (Lipinski definition) is 6. The van der Waals surface area contributed by atoms with E-state index in [2.05, 4.69) is 146 Å². The van der Waals surface area contributed by atoms with E-state index in [-0.39, 0.29) is 0 Å². The Morgan fingerprint density at radius 1 is 0.271 bits per heavy atom. The first kappa shape index (κ1) is 37.7. The van der Waals surface area contributed by atoms with Crippen molar-refractivity contribution in [2.45, 2.75) is 5.41 Å². The van der Waals surface area contributed by atoms with Gasteiger partial charge in [0.15, 0.2) is 17.5 Å². The molecule has 0 radical (unpaired) electrons. The Balaban J connectivity index is 0.922. The van der Waals surface area contributed by atoms with Gasteiger partial charge in [0.2, 0.25) is 0 Å². The molecule has 10 aromatic carbocycles. The summed E-state index contributed by atoms with van der Waals surface area (Å²) in [6.45, 7) is 0. The molecule has 16 rings (SSSR count). The van der Waals surface area contributed by atoms with Gasteiger partial charge < -0.3 is 13.3 Å². The van der Waals surface area contributed by atoms with Crippen LogP contribution < -0.4 is 0 Å². The number of nitrogens with zero attached hydrogens (tertiary/aromatic N) is 3. The molecule has 0 unspecified atom stereocenters. The summed E-state index contributed by atoms with van der Waals surface area (Å²) >= 11 is 0. The monoisotopic (exact) mass is 893 g/mol. The Morgan fingerprint density at radius 3 is 1.44 bits per heavy atom. The maximum atomic E-state index is 6.71. The predicted molar refractivity (Wildman–Crippen MR) is 280 cm³/mol. The highest BCUT2D eigenvalue weighted by Gasteiger charge is 2.52. The van der Waals surface area contributed by atoms with Crippen LogP contribution in [0.5, 0.6) is 0 Å². The van der Waals surface area contributed by atoms with Gasteiger partial charge in [-0.3, -0.25) is 0 Å². The number of hydrogen-bond donors (Lipinski definition) is 0. The minimum atomic E-state index is -0.440. The molecule has 0 bridgehead atoms. The number of para-hydroxylation sites is 2. The largest absolute Gasteiger partial charge is 0.456 e. The number of benzene rings is 10. The quantitative estimate of drug-likeness (QED) is 0.175. The Kier molecular flexibility index (Phi) is 7.45. The molecule has 0 saturated carbocycles. The second-order valence-electron chi connectivity index (χ2n) is 18.5. The molecular formula is C64H35N3O3. The van der Waals surface area contributed by atoms with Gasteiger partial charge in [0.1, 0.15) is 33.5 Å². The Hall–Kier alpha value is -9.39. The molecule has 70 heavy (non-hydrogen) atoms. The molecule has 14 aromatic rings. The minimum Gasteiger partial charge on any atom is -0.456 e. The van der Waals surface area contributed by atoms with E-state index in [0.717, 1.165) is 88.1 Å². The van der Waals surface area contributed by atoms with Crippen molar-refractivity contribution in [1.82, 2.24) is 15.0 Å². The molecule has 0 amide bonds. The average Bonchev–Trinajstić information content (AvgIpc) is 4.23. The van der Waals surface area contributed by atoms with E-state index in [9.17, 15) is 0 Å². The van der Waals surface area contributed by atoms with Crippen molar-refractivity contribution in [3.05, 3.63) is 235 Å². The van der Waals surface area contributed by atoms with Crippen molar-refractivity contribution in [2.24, 2.45) is 0 Å². The third-order valence-electron chi connectivity index (χ3n) is 15.0. The lowest BCUT2D eigenvalue weighted by atomic mass is 9.70. The lowest BCUT2D eigenvalue weighted by Gasteiger charge is -2.30. The van der Waals surface area contributed by atoms with Gasteiger partial charge in [-0.1, -0.05) is 164 Å². The summed E-state index contributed by atoms with van der Waals surface area (Å²) in [5, 5.41) is 5.97. The highest BCUT2D eigenvalue weighted by molar-refractivity contribution is 6.15. The lowest BCUT2D eigenvalue weighted by Crippen LogP contribution is -2.25. The maximum absolute atomic E-state index is 6.71. The summed E-state index contributed by atoms with van der Waals surface area (Å²) < 4.78 is 19.5. The molecule has 0 saturated heterocycles. The van der Waals surface area contributed by atoms with Crippen molar-refractivity contribution < 1.29 is 13.3 Å². The minimum absolute atomic E-state index is 0.440. The van der Waals surface area contributed by atoms with Crippen LogP contribution in [0.4, 0.5) is 0 Å². The van der Waals surface area contributed by atoms with Crippen molar-refractivity contribution in [2.75, 3.05) is 0 Å². The van der Waals surface area contributed by atoms with Crippen LogP contribution in [0.25, 0.3) is 133 Å². The van der Waals surface area contributed by atoms with Gasteiger partial charge in [0, 0.05) is 49.0 Å². The molecule has 1 spiro atoms. The molecule has 0 N–H and O–H groups in total. The molecule has 4 heterocycles. The molecular weight excluding hydrogens is 859 g/mol. The van der Waals surface area contributed by atoms with Crippen LogP contribution in [-0.4, -0.2) is 15.0 Å². The molecule has 0 atom stereocenters. The highest BCUT2D eigenvalue weighted by atomic mass is 16.3. The van der Waals surface area contributed by atoms with E-state index >= 15 is 0 Å². The maximum Gasteiger partial charge on any atom is 0.164 e. The summed E-state index contributed by atoms with van der Waals surface area (Å²) in [4.78, 5) is 16.0. The van der Waals surface area contributed by atoms with Gasteiger partial charge in [0.25, 0.3) is 0 Å². The number of fused-ring (bicyclic) bond motifs is 19. The lowest BCUT2D eigenvalue weighted by molar-refractivity contribution is 0.668. The van der Waals surface area contributed by atoms with E-state index < -0.39 is 5.41 Å². The van der Waals surface area contributed by atoms with Crippen molar-refractivity contribution in [3.8, 4) is 67.5 Å². The standard InChI is InChI=1S/C64H35N3O3/c1-6-22-48-39(14-1)40-15-2-7-23-49(40)64(48)50-24-8-3-17-43(50)58-38(19-11-25-51(58)64)36-31-33-54-47(34-36)60-46(21-13-29-56(60)69-54)63-66-61(37-30-32-42-41-16-4-9-26-52(41)70-57(42)35-37)65-62(67-63)45-20-12-28-55-59(45)44-18-5-10-27-53(44)68-55/h1-35H. The molecule has 2 aliphatic rings. The summed E-state index contributed by atoms with van der Waals surface area (Å²) in [5.41, 5.74) is 19.4. The smallest absolute Gasteiger partial charge is 0.164 e. The molecule has 4 aromatic heterocycles. The number of aromatic nitrogens is 3. The molecule has 6 heteroatoms. The average molecular weight is 894 g/mol. The van der Waals surface area contributed by atoms with E-state index in [0.29, 0.717) is 17.5 Å². The number of furan rings is 3. The highest BCUT2D eigenvalue weighted by Crippen LogP contribution is 2.64.